The molecule has 0 bridgehead atoms. The average molecular weight is 220 g/mol. The Morgan fingerprint density at radius 2 is 2.06 bits per heavy atom. The molecular weight excluding hydrogens is 200 g/mol. The molecule has 0 aliphatic rings. The average Bonchev–Trinajstić information content (AvgIpc) is 2.22. The van der Waals surface area contributed by atoms with E-state index in [9.17, 15) is 4.79 Å². The van der Waals surface area contributed by atoms with Gasteiger partial charge in [-0.3, -0.25) is 4.79 Å². The Labute approximate surface area is 97.2 Å². The monoisotopic (exact) mass is 220 g/mol. The van der Waals surface area contributed by atoms with Crippen LogP contribution in [-0.2, 0) is 4.79 Å². The zero-order chi connectivity index (χ0) is 12.1. The maximum Gasteiger partial charge on any atom is 0.221 e. The molecule has 0 spiro atoms. The van der Waals surface area contributed by atoms with Crippen LogP contribution < -0.4 is 10.6 Å². The molecule has 1 aromatic carbocycles. The molecular formula is C13H20N2O. The van der Waals surface area contributed by atoms with Crippen molar-refractivity contribution in [2.45, 2.75) is 33.2 Å². The van der Waals surface area contributed by atoms with E-state index in [1.54, 1.807) is 7.05 Å². The lowest BCUT2D eigenvalue weighted by molar-refractivity contribution is -0.120. The first-order valence-corrected chi connectivity index (χ1v) is 5.57. The number of carbonyl (C=O) groups excluding carboxylic acids is 1. The van der Waals surface area contributed by atoms with Crippen LogP contribution in [0.4, 0.5) is 5.69 Å². The highest BCUT2D eigenvalue weighted by molar-refractivity contribution is 5.76. The standard InChI is InChI=1S/C13H20N2O/c1-9-5-6-12(10(2)7-9)15-11(3)8-13(16)14-4/h5-7,11,15H,8H2,1-4H3,(H,14,16)/t11-/m1/s1. The van der Waals surface area contributed by atoms with Crippen molar-refractivity contribution in [3.63, 3.8) is 0 Å². The second-order valence-corrected chi connectivity index (χ2v) is 4.24. The molecule has 0 aliphatic heterocycles. The van der Waals surface area contributed by atoms with Gasteiger partial charge in [-0.05, 0) is 32.4 Å². The summed E-state index contributed by atoms with van der Waals surface area (Å²) in [5, 5.41) is 5.97. The Balaban J connectivity index is 2.62. The fraction of sp³-hybridized carbons (Fsp3) is 0.462. The molecule has 0 aromatic heterocycles. The first-order chi connectivity index (χ1) is 7.52. The summed E-state index contributed by atoms with van der Waals surface area (Å²) in [5.41, 5.74) is 3.56. The smallest absolute Gasteiger partial charge is 0.221 e. The molecule has 2 N–H and O–H groups in total. The van der Waals surface area contributed by atoms with Crippen molar-refractivity contribution in [2.75, 3.05) is 12.4 Å². The predicted molar refractivity (Wildman–Crippen MR) is 67.7 cm³/mol. The number of hydrogen-bond donors (Lipinski definition) is 2. The quantitative estimate of drug-likeness (QED) is 0.817. The molecule has 3 nitrogen and oxygen atoms in total. The maximum absolute atomic E-state index is 11.2. The minimum Gasteiger partial charge on any atom is -0.382 e. The summed E-state index contributed by atoms with van der Waals surface area (Å²) in [5.74, 6) is 0.0600. The summed E-state index contributed by atoms with van der Waals surface area (Å²) in [4.78, 5) is 11.2. The number of nitrogens with one attached hydrogen (secondary N) is 2. The fourth-order valence-electron chi connectivity index (χ4n) is 1.67. The molecule has 3 heteroatoms. The normalized spacial score (nSPS) is 12.0. The SMILES string of the molecule is CNC(=O)C[C@@H](C)Nc1ccc(C)cc1C. The first-order valence-electron chi connectivity index (χ1n) is 5.57. The van der Waals surface area contributed by atoms with E-state index in [2.05, 4.69) is 42.7 Å². The van der Waals surface area contributed by atoms with E-state index in [-0.39, 0.29) is 11.9 Å². The molecule has 0 fully saturated rings. The van der Waals surface area contributed by atoms with Crippen LogP contribution in [0.5, 0.6) is 0 Å². The number of carbonyl (C=O) groups is 1. The lowest BCUT2D eigenvalue weighted by atomic mass is 10.1. The van der Waals surface area contributed by atoms with Gasteiger partial charge in [-0.1, -0.05) is 17.7 Å². The van der Waals surface area contributed by atoms with Gasteiger partial charge in [-0.2, -0.15) is 0 Å². The van der Waals surface area contributed by atoms with Crippen LogP contribution in [0.2, 0.25) is 0 Å². The zero-order valence-corrected chi connectivity index (χ0v) is 10.4. The van der Waals surface area contributed by atoms with Crippen molar-refractivity contribution in [1.82, 2.24) is 5.32 Å². The largest absolute Gasteiger partial charge is 0.382 e. The van der Waals surface area contributed by atoms with E-state index >= 15 is 0 Å². The highest BCUT2D eigenvalue weighted by Gasteiger charge is 2.08. The fourth-order valence-corrected chi connectivity index (χ4v) is 1.67. The van der Waals surface area contributed by atoms with Gasteiger partial charge in [0, 0.05) is 25.2 Å². The van der Waals surface area contributed by atoms with Crippen LogP contribution in [0.1, 0.15) is 24.5 Å². The van der Waals surface area contributed by atoms with Gasteiger partial charge in [-0.25, -0.2) is 0 Å². The van der Waals surface area contributed by atoms with Crippen LogP contribution in [0.15, 0.2) is 18.2 Å². The van der Waals surface area contributed by atoms with E-state index in [4.69, 9.17) is 0 Å². The second kappa shape index (κ2) is 5.54. The highest BCUT2D eigenvalue weighted by Crippen LogP contribution is 2.17. The van der Waals surface area contributed by atoms with Crippen LogP contribution in [0.25, 0.3) is 0 Å². The number of anilines is 1. The molecule has 88 valence electrons. The van der Waals surface area contributed by atoms with Crippen LogP contribution >= 0.6 is 0 Å². The maximum atomic E-state index is 11.2. The lowest BCUT2D eigenvalue weighted by Gasteiger charge is -2.16. The summed E-state index contributed by atoms with van der Waals surface area (Å²) < 4.78 is 0. The van der Waals surface area contributed by atoms with E-state index < -0.39 is 0 Å². The van der Waals surface area contributed by atoms with Crippen molar-refractivity contribution in [2.24, 2.45) is 0 Å². The summed E-state index contributed by atoms with van der Waals surface area (Å²) in [6.07, 6.45) is 0.490. The third-order valence-electron chi connectivity index (χ3n) is 2.55. The van der Waals surface area contributed by atoms with Gasteiger partial charge in [0.1, 0.15) is 0 Å². The molecule has 16 heavy (non-hydrogen) atoms. The van der Waals surface area contributed by atoms with E-state index in [0.29, 0.717) is 6.42 Å². The van der Waals surface area contributed by atoms with Crippen LogP contribution in [-0.4, -0.2) is 19.0 Å². The van der Waals surface area contributed by atoms with Gasteiger partial charge in [0.05, 0.1) is 0 Å². The van der Waals surface area contributed by atoms with Gasteiger partial charge in [0.25, 0.3) is 0 Å². The molecule has 0 saturated carbocycles. The summed E-state index contributed by atoms with van der Waals surface area (Å²) in [6.45, 7) is 6.15. The van der Waals surface area contributed by atoms with Gasteiger partial charge in [0.15, 0.2) is 0 Å². The van der Waals surface area contributed by atoms with E-state index in [0.717, 1.165) is 5.69 Å². The highest BCUT2D eigenvalue weighted by atomic mass is 16.1. The Bertz CT molecular complexity index is 374. The van der Waals surface area contributed by atoms with Crippen molar-refractivity contribution in [3.8, 4) is 0 Å². The predicted octanol–water partition coefficient (Wildman–Crippen LogP) is 2.24. The third kappa shape index (κ3) is 3.57. The molecule has 0 radical (unpaired) electrons. The summed E-state index contributed by atoms with van der Waals surface area (Å²) in [6, 6.07) is 6.41. The Kier molecular flexibility index (Phi) is 4.35. The number of benzene rings is 1. The zero-order valence-electron chi connectivity index (χ0n) is 10.4. The van der Waals surface area contributed by atoms with Crippen molar-refractivity contribution in [1.29, 1.82) is 0 Å². The Hall–Kier alpha value is -1.51. The second-order valence-electron chi connectivity index (χ2n) is 4.24. The molecule has 0 saturated heterocycles. The number of rotatable bonds is 4. The van der Waals surface area contributed by atoms with Gasteiger partial charge < -0.3 is 10.6 Å². The van der Waals surface area contributed by atoms with Gasteiger partial charge in [0.2, 0.25) is 5.91 Å². The van der Waals surface area contributed by atoms with Crippen LogP contribution in [0.3, 0.4) is 0 Å². The molecule has 1 aromatic rings. The molecule has 1 rings (SSSR count). The van der Waals surface area contributed by atoms with Crippen molar-refractivity contribution < 1.29 is 4.79 Å². The van der Waals surface area contributed by atoms with E-state index in [1.165, 1.54) is 11.1 Å². The first kappa shape index (κ1) is 12.6. The topological polar surface area (TPSA) is 41.1 Å². The molecule has 0 unspecified atom stereocenters. The third-order valence-corrected chi connectivity index (χ3v) is 2.55. The van der Waals surface area contributed by atoms with Gasteiger partial charge in [-0.15, -0.1) is 0 Å². The summed E-state index contributed by atoms with van der Waals surface area (Å²) >= 11 is 0. The Morgan fingerprint density at radius 3 is 2.62 bits per heavy atom. The Morgan fingerprint density at radius 1 is 1.38 bits per heavy atom. The minimum atomic E-state index is 0.0600. The molecule has 1 atom stereocenters. The van der Waals surface area contributed by atoms with Gasteiger partial charge >= 0.3 is 0 Å². The molecule has 1 amide bonds. The van der Waals surface area contributed by atoms with E-state index in [1.807, 2.05) is 6.92 Å². The molecule has 0 aliphatic carbocycles. The lowest BCUT2D eigenvalue weighted by Crippen LogP contribution is -2.26. The number of amides is 1. The number of hydrogen-bond acceptors (Lipinski definition) is 2. The van der Waals surface area contributed by atoms with Crippen molar-refractivity contribution in [3.05, 3.63) is 29.3 Å². The molecule has 0 heterocycles. The van der Waals surface area contributed by atoms with Crippen molar-refractivity contribution >= 4 is 11.6 Å². The van der Waals surface area contributed by atoms with Crippen LogP contribution in [0, 0.1) is 13.8 Å². The minimum absolute atomic E-state index is 0.0600. The summed E-state index contributed by atoms with van der Waals surface area (Å²) in [7, 11) is 1.66. The number of aryl methyl sites for hydroxylation is 2.